The molecule has 0 heterocycles. The van der Waals surface area contributed by atoms with Gasteiger partial charge in [-0.05, 0) is 55.9 Å². The van der Waals surface area contributed by atoms with E-state index < -0.39 is 0 Å². The summed E-state index contributed by atoms with van der Waals surface area (Å²) in [7, 11) is 0. The molecule has 1 unspecified atom stereocenters. The van der Waals surface area contributed by atoms with Crippen molar-refractivity contribution in [2.45, 2.75) is 45.6 Å². The van der Waals surface area contributed by atoms with Gasteiger partial charge in [-0.25, -0.2) is 0 Å². The SMILES string of the molecule is C=C(N)C1=CCC=CC(CC(C)NCCCF)=C1CC. The minimum Gasteiger partial charge on any atom is -0.399 e. The predicted molar refractivity (Wildman–Crippen MR) is 85.2 cm³/mol. The van der Waals surface area contributed by atoms with Crippen LogP contribution in [0.2, 0.25) is 0 Å². The van der Waals surface area contributed by atoms with Crippen LogP contribution in [0.1, 0.15) is 39.5 Å². The Morgan fingerprint density at radius 3 is 2.90 bits per heavy atom. The lowest BCUT2D eigenvalue weighted by atomic mass is 9.93. The lowest BCUT2D eigenvalue weighted by Gasteiger charge is -2.18. The van der Waals surface area contributed by atoms with Gasteiger partial charge in [-0.3, -0.25) is 4.39 Å². The number of hydrogen-bond acceptors (Lipinski definition) is 2. The maximum absolute atomic E-state index is 12.1. The van der Waals surface area contributed by atoms with Gasteiger partial charge in [0.2, 0.25) is 0 Å². The Kier molecular flexibility index (Phi) is 7.31. The van der Waals surface area contributed by atoms with Gasteiger partial charge >= 0.3 is 0 Å². The summed E-state index contributed by atoms with van der Waals surface area (Å²) < 4.78 is 12.1. The lowest BCUT2D eigenvalue weighted by Crippen LogP contribution is -2.27. The van der Waals surface area contributed by atoms with Crippen LogP contribution in [0.4, 0.5) is 4.39 Å². The van der Waals surface area contributed by atoms with Crippen molar-refractivity contribution >= 4 is 0 Å². The molecule has 3 heteroatoms. The summed E-state index contributed by atoms with van der Waals surface area (Å²) in [4.78, 5) is 0. The quantitative estimate of drug-likeness (QED) is 0.663. The number of nitrogens with two attached hydrogens (primary N) is 1. The Morgan fingerprint density at radius 1 is 1.55 bits per heavy atom. The van der Waals surface area contributed by atoms with Gasteiger partial charge in [-0.2, -0.15) is 0 Å². The predicted octanol–water partition coefficient (Wildman–Crippen LogP) is 3.78. The largest absolute Gasteiger partial charge is 0.399 e. The first-order valence-electron chi connectivity index (χ1n) is 7.43. The van der Waals surface area contributed by atoms with Crippen molar-refractivity contribution in [3.8, 4) is 0 Å². The van der Waals surface area contributed by atoms with Crippen molar-refractivity contribution in [1.29, 1.82) is 0 Å². The number of alkyl halides is 1. The molecular weight excluding hydrogens is 251 g/mol. The first-order chi connectivity index (χ1) is 9.60. The average Bonchev–Trinajstić information content (AvgIpc) is 2.61. The van der Waals surface area contributed by atoms with Crippen LogP contribution < -0.4 is 11.1 Å². The number of allylic oxidation sites excluding steroid dienone is 4. The Morgan fingerprint density at radius 2 is 2.30 bits per heavy atom. The highest BCUT2D eigenvalue weighted by Gasteiger charge is 2.14. The van der Waals surface area contributed by atoms with E-state index in [-0.39, 0.29) is 6.67 Å². The molecule has 0 spiro atoms. The van der Waals surface area contributed by atoms with Crippen LogP contribution in [0.5, 0.6) is 0 Å². The normalized spacial score (nSPS) is 16.9. The van der Waals surface area contributed by atoms with E-state index in [4.69, 9.17) is 5.73 Å². The van der Waals surface area contributed by atoms with Crippen molar-refractivity contribution in [1.82, 2.24) is 5.32 Å². The maximum atomic E-state index is 12.1. The Bertz CT molecular complexity index is 419. The molecule has 0 aromatic carbocycles. The summed E-state index contributed by atoms with van der Waals surface area (Å²) >= 11 is 0. The van der Waals surface area contributed by atoms with Gasteiger partial charge in [0.25, 0.3) is 0 Å². The summed E-state index contributed by atoms with van der Waals surface area (Å²) in [5, 5.41) is 3.36. The second kappa shape index (κ2) is 8.75. The van der Waals surface area contributed by atoms with Gasteiger partial charge < -0.3 is 11.1 Å². The monoisotopic (exact) mass is 278 g/mol. The molecule has 0 bridgehead atoms. The molecule has 0 radical (unpaired) electrons. The molecular formula is C17H27FN2. The standard InChI is InChI=1S/C17H27FN2/c1-4-16-15(12-13(2)20-11-7-10-18)8-5-6-9-17(16)14(3)19/h5,8-9,13,20H,3-4,6-7,10-12,19H2,1-2H3. The molecule has 1 atom stereocenters. The van der Waals surface area contributed by atoms with E-state index in [1.54, 1.807) is 0 Å². The van der Waals surface area contributed by atoms with Crippen molar-refractivity contribution in [2.75, 3.05) is 13.2 Å². The highest BCUT2D eigenvalue weighted by molar-refractivity contribution is 5.50. The molecule has 2 nitrogen and oxygen atoms in total. The third-order valence-corrected chi connectivity index (χ3v) is 3.52. The van der Waals surface area contributed by atoms with Crippen molar-refractivity contribution in [2.24, 2.45) is 5.73 Å². The van der Waals surface area contributed by atoms with Crippen LogP contribution >= 0.6 is 0 Å². The van der Waals surface area contributed by atoms with Crippen LogP contribution in [-0.4, -0.2) is 19.3 Å². The Balaban J connectivity index is 2.82. The molecule has 0 saturated heterocycles. The van der Waals surface area contributed by atoms with Crippen LogP contribution in [-0.2, 0) is 0 Å². The van der Waals surface area contributed by atoms with Gasteiger partial charge in [-0.1, -0.05) is 31.7 Å². The molecule has 0 aromatic heterocycles. The van der Waals surface area contributed by atoms with Crippen LogP contribution in [0.15, 0.2) is 47.2 Å². The van der Waals surface area contributed by atoms with Gasteiger partial charge in [0, 0.05) is 11.7 Å². The van der Waals surface area contributed by atoms with E-state index in [2.05, 4.69) is 44.0 Å². The molecule has 112 valence electrons. The van der Waals surface area contributed by atoms with Gasteiger partial charge in [0.05, 0.1) is 6.67 Å². The van der Waals surface area contributed by atoms with Crippen molar-refractivity contribution in [3.05, 3.63) is 47.2 Å². The Hall–Kier alpha value is -1.35. The van der Waals surface area contributed by atoms with Crippen LogP contribution in [0.25, 0.3) is 0 Å². The second-order valence-electron chi connectivity index (χ2n) is 5.24. The van der Waals surface area contributed by atoms with E-state index in [1.807, 2.05) is 0 Å². The van der Waals surface area contributed by atoms with Crippen molar-refractivity contribution in [3.63, 3.8) is 0 Å². The smallest absolute Gasteiger partial charge is 0.0906 e. The van der Waals surface area contributed by atoms with E-state index in [9.17, 15) is 4.39 Å². The second-order valence-corrected chi connectivity index (χ2v) is 5.24. The topological polar surface area (TPSA) is 38.0 Å². The maximum Gasteiger partial charge on any atom is 0.0906 e. The minimum atomic E-state index is -0.261. The van der Waals surface area contributed by atoms with E-state index in [1.165, 1.54) is 11.1 Å². The molecule has 0 aromatic rings. The fourth-order valence-corrected chi connectivity index (χ4v) is 2.54. The Labute approximate surface area is 122 Å². The third-order valence-electron chi connectivity index (χ3n) is 3.52. The summed E-state index contributed by atoms with van der Waals surface area (Å²) in [6, 6.07) is 0.327. The molecule has 1 aliphatic carbocycles. The highest BCUT2D eigenvalue weighted by atomic mass is 19.1. The summed E-state index contributed by atoms with van der Waals surface area (Å²) in [5.74, 6) is 0. The number of nitrogens with one attached hydrogen (secondary N) is 1. The number of hydrogen-bond donors (Lipinski definition) is 2. The molecule has 20 heavy (non-hydrogen) atoms. The zero-order valence-electron chi connectivity index (χ0n) is 12.7. The van der Waals surface area contributed by atoms with E-state index in [0.29, 0.717) is 18.2 Å². The molecule has 0 saturated carbocycles. The van der Waals surface area contributed by atoms with Gasteiger partial charge in [0.15, 0.2) is 0 Å². The molecule has 1 aliphatic rings. The molecule has 0 aliphatic heterocycles. The summed E-state index contributed by atoms with van der Waals surface area (Å²) in [5.41, 5.74) is 10.2. The third kappa shape index (κ3) is 4.97. The summed E-state index contributed by atoms with van der Waals surface area (Å²) in [6.45, 7) is 8.63. The first kappa shape index (κ1) is 16.7. The fraction of sp³-hybridized carbons (Fsp3) is 0.529. The van der Waals surface area contributed by atoms with E-state index >= 15 is 0 Å². The average molecular weight is 278 g/mol. The number of halogens is 1. The fourth-order valence-electron chi connectivity index (χ4n) is 2.54. The molecule has 0 amide bonds. The highest BCUT2D eigenvalue weighted by Crippen LogP contribution is 2.28. The molecule has 0 fully saturated rings. The molecule has 3 N–H and O–H groups in total. The van der Waals surface area contributed by atoms with Crippen molar-refractivity contribution < 1.29 is 4.39 Å². The molecule has 1 rings (SSSR count). The first-order valence-corrected chi connectivity index (χ1v) is 7.43. The zero-order chi connectivity index (χ0) is 15.0. The van der Waals surface area contributed by atoms with Gasteiger partial charge in [-0.15, -0.1) is 0 Å². The summed E-state index contributed by atoms with van der Waals surface area (Å²) in [6.07, 6.45) is 9.84. The number of rotatable bonds is 8. The lowest BCUT2D eigenvalue weighted by molar-refractivity contribution is 0.442. The van der Waals surface area contributed by atoms with Crippen LogP contribution in [0, 0.1) is 0 Å². The van der Waals surface area contributed by atoms with E-state index in [0.717, 1.165) is 31.4 Å². The van der Waals surface area contributed by atoms with Gasteiger partial charge in [0.1, 0.15) is 0 Å². The van der Waals surface area contributed by atoms with Crippen LogP contribution in [0.3, 0.4) is 0 Å². The minimum absolute atomic E-state index is 0.261. The zero-order valence-corrected chi connectivity index (χ0v) is 12.7.